The van der Waals surface area contributed by atoms with Gasteiger partial charge in [0.2, 0.25) is 0 Å². The molecule has 0 aliphatic carbocycles. The number of nitrogens with two attached hydrogens (primary N) is 1. The van der Waals surface area contributed by atoms with Gasteiger partial charge >= 0.3 is 6.03 Å². The van der Waals surface area contributed by atoms with Crippen LogP contribution < -0.4 is 16.4 Å². The van der Waals surface area contributed by atoms with Crippen LogP contribution in [0.25, 0.3) is 0 Å². The minimum absolute atomic E-state index is 0.102. The van der Waals surface area contributed by atoms with Crippen LogP contribution in [-0.4, -0.2) is 31.8 Å². The fourth-order valence-electron chi connectivity index (χ4n) is 2.23. The van der Waals surface area contributed by atoms with E-state index in [-0.39, 0.29) is 12.1 Å². The van der Waals surface area contributed by atoms with Crippen LogP contribution in [0.3, 0.4) is 0 Å². The van der Waals surface area contributed by atoms with Crippen molar-refractivity contribution in [2.24, 2.45) is 5.73 Å². The van der Waals surface area contributed by atoms with E-state index >= 15 is 0 Å². The van der Waals surface area contributed by atoms with Crippen LogP contribution in [0, 0.1) is 11.8 Å². The lowest BCUT2D eigenvalue weighted by Gasteiger charge is -2.14. The third kappa shape index (κ3) is 4.48. The van der Waals surface area contributed by atoms with E-state index in [1.54, 1.807) is 0 Å². The highest BCUT2D eigenvalue weighted by molar-refractivity contribution is 5.90. The van der Waals surface area contributed by atoms with Gasteiger partial charge in [0.05, 0.1) is 19.2 Å². The standard InChI is InChI=1S/C16H21N3O2/c1-2-13-10-12(4-3-8-17)5-6-15(13)19-16(20)18-14-7-9-21-11-14/h5-6,10,14H,2,7-9,11,17H2,1H3,(H2,18,19,20). The molecule has 4 N–H and O–H groups in total. The van der Waals surface area contributed by atoms with Crippen LogP contribution in [0.1, 0.15) is 24.5 Å². The third-order valence-electron chi connectivity index (χ3n) is 3.33. The molecule has 1 atom stereocenters. The van der Waals surface area contributed by atoms with Crippen LogP contribution >= 0.6 is 0 Å². The summed E-state index contributed by atoms with van der Waals surface area (Å²) in [5.41, 5.74) is 8.15. The Bertz CT molecular complexity index is 554. The second-order valence-corrected chi connectivity index (χ2v) is 4.89. The number of anilines is 1. The van der Waals surface area contributed by atoms with Gasteiger partial charge in [-0.05, 0) is 36.6 Å². The molecule has 1 aliphatic heterocycles. The maximum atomic E-state index is 12.0. The maximum Gasteiger partial charge on any atom is 0.319 e. The largest absolute Gasteiger partial charge is 0.379 e. The van der Waals surface area contributed by atoms with Crippen LogP contribution in [0.4, 0.5) is 10.5 Å². The summed E-state index contributed by atoms with van der Waals surface area (Å²) in [4.78, 5) is 12.0. The zero-order valence-electron chi connectivity index (χ0n) is 12.2. The molecule has 0 spiro atoms. The second kappa shape index (κ2) is 7.67. The molecule has 1 saturated heterocycles. The van der Waals surface area contributed by atoms with Crippen molar-refractivity contribution in [1.29, 1.82) is 0 Å². The Morgan fingerprint density at radius 1 is 1.52 bits per heavy atom. The van der Waals surface area contributed by atoms with Gasteiger partial charge in [-0.15, -0.1) is 0 Å². The molecule has 1 aliphatic rings. The SMILES string of the molecule is CCc1cc(C#CCN)ccc1NC(=O)NC1CCOC1. The van der Waals surface area contributed by atoms with Gasteiger partial charge in [0.15, 0.2) is 0 Å². The van der Waals surface area contributed by atoms with E-state index in [9.17, 15) is 4.79 Å². The van der Waals surface area contributed by atoms with Crippen molar-refractivity contribution in [3.8, 4) is 11.8 Å². The fourth-order valence-corrected chi connectivity index (χ4v) is 2.23. The number of rotatable bonds is 3. The molecule has 2 amide bonds. The molecule has 0 aromatic heterocycles. The number of ether oxygens (including phenoxy) is 1. The second-order valence-electron chi connectivity index (χ2n) is 4.89. The molecule has 1 fully saturated rings. The van der Waals surface area contributed by atoms with Gasteiger partial charge in [-0.2, -0.15) is 0 Å². The lowest BCUT2D eigenvalue weighted by molar-refractivity contribution is 0.189. The number of benzene rings is 1. The number of carbonyl (C=O) groups is 1. The predicted molar refractivity (Wildman–Crippen MR) is 83.1 cm³/mol. The first-order valence-electron chi connectivity index (χ1n) is 7.20. The summed E-state index contributed by atoms with van der Waals surface area (Å²) in [5, 5.41) is 5.80. The molecule has 1 aromatic carbocycles. The van der Waals surface area contributed by atoms with Gasteiger partial charge in [-0.25, -0.2) is 4.79 Å². The highest BCUT2D eigenvalue weighted by atomic mass is 16.5. The van der Waals surface area contributed by atoms with E-state index in [0.29, 0.717) is 19.8 Å². The van der Waals surface area contributed by atoms with E-state index < -0.39 is 0 Å². The van der Waals surface area contributed by atoms with Gasteiger partial charge < -0.3 is 21.1 Å². The Morgan fingerprint density at radius 3 is 3.05 bits per heavy atom. The van der Waals surface area contributed by atoms with Gasteiger partial charge in [0.25, 0.3) is 0 Å². The van der Waals surface area contributed by atoms with Crippen LogP contribution in [-0.2, 0) is 11.2 Å². The number of carbonyl (C=O) groups excluding carboxylic acids is 1. The molecule has 0 bridgehead atoms. The quantitative estimate of drug-likeness (QED) is 0.737. The Labute approximate surface area is 125 Å². The van der Waals surface area contributed by atoms with Crippen molar-refractivity contribution >= 4 is 11.7 Å². The maximum absolute atomic E-state index is 12.0. The zero-order chi connectivity index (χ0) is 15.1. The smallest absolute Gasteiger partial charge is 0.319 e. The summed E-state index contributed by atoms with van der Waals surface area (Å²) in [7, 11) is 0. The molecule has 1 unspecified atom stereocenters. The summed E-state index contributed by atoms with van der Waals surface area (Å²) in [6, 6.07) is 5.66. The molecule has 0 radical (unpaired) electrons. The number of nitrogens with one attached hydrogen (secondary N) is 2. The van der Waals surface area contributed by atoms with Gasteiger partial charge in [-0.3, -0.25) is 0 Å². The summed E-state index contributed by atoms with van der Waals surface area (Å²) in [5.74, 6) is 5.83. The molecular formula is C16H21N3O2. The van der Waals surface area contributed by atoms with Crippen LogP contribution in [0.5, 0.6) is 0 Å². The lowest BCUT2D eigenvalue weighted by Crippen LogP contribution is -2.38. The van der Waals surface area contributed by atoms with E-state index in [4.69, 9.17) is 10.5 Å². The number of urea groups is 1. The number of aryl methyl sites for hydroxylation is 1. The molecule has 0 saturated carbocycles. The predicted octanol–water partition coefficient (Wildman–Crippen LogP) is 1.47. The monoisotopic (exact) mass is 287 g/mol. The van der Waals surface area contributed by atoms with E-state index in [1.165, 1.54) is 0 Å². The highest BCUT2D eigenvalue weighted by Crippen LogP contribution is 2.18. The zero-order valence-corrected chi connectivity index (χ0v) is 12.2. The van der Waals surface area contributed by atoms with E-state index in [1.807, 2.05) is 25.1 Å². The van der Waals surface area contributed by atoms with Crippen molar-refractivity contribution in [3.05, 3.63) is 29.3 Å². The van der Waals surface area contributed by atoms with Gasteiger partial charge in [0.1, 0.15) is 0 Å². The summed E-state index contributed by atoms with van der Waals surface area (Å²) in [6.45, 7) is 3.68. The first-order valence-corrected chi connectivity index (χ1v) is 7.20. The Balaban J connectivity index is 2.02. The minimum Gasteiger partial charge on any atom is -0.379 e. The molecule has 1 heterocycles. The summed E-state index contributed by atoms with van der Waals surface area (Å²) >= 11 is 0. The molecule has 5 heteroatoms. The van der Waals surface area contributed by atoms with Gasteiger partial charge in [0, 0.05) is 17.9 Å². The average molecular weight is 287 g/mol. The lowest BCUT2D eigenvalue weighted by atomic mass is 10.1. The Morgan fingerprint density at radius 2 is 2.38 bits per heavy atom. The number of hydrogen-bond donors (Lipinski definition) is 3. The van der Waals surface area contributed by atoms with Crippen molar-refractivity contribution in [2.75, 3.05) is 25.1 Å². The van der Waals surface area contributed by atoms with E-state index in [2.05, 4.69) is 22.5 Å². The molecule has 112 valence electrons. The van der Waals surface area contributed by atoms with Crippen molar-refractivity contribution < 1.29 is 9.53 Å². The van der Waals surface area contributed by atoms with Crippen molar-refractivity contribution in [3.63, 3.8) is 0 Å². The average Bonchev–Trinajstić information content (AvgIpc) is 2.98. The van der Waals surface area contributed by atoms with Gasteiger partial charge in [-0.1, -0.05) is 18.8 Å². The molecule has 21 heavy (non-hydrogen) atoms. The van der Waals surface area contributed by atoms with Crippen LogP contribution in [0.15, 0.2) is 18.2 Å². The molecular weight excluding hydrogens is 266 g/mol. The van der Waals surface area contributed by atoms with E-state index in [0.717, 1.165) is 29.7 Å². The Kier molecular flexibility index (Phi) is 5.61. The number of hydrogen-bond acceptors (Lipinski definition) is 3. The topological polar surface area (TPSA) is 76.4 Å². The third-order valence-corrected chi connectivity index (χ3v) is 3.33. The van der Waals surface area contributed by atoms with Crippen molar-refractivity contribution in [1.82, 2.24) is 5.32 Å². The van der Waals surface area contributed by atoms with Crippen molar-refractivity contribution in [2.45, 2.75) is 25.8 Å². The fraction of sp³-hybridized carbons (Fsp3) is 0.438. The first kappa shape index (κ1) is 15.4. The highest BCUT2D eigenvalue weighted by Gasteiger charge is 2.18. The molecule has 2 rings (SSSR count). The van der Waals surface area contributed by atoms with Crippen LogP contribution in [0.2, 0.25) is 0 Å². The first-order chi connectivity index (χ1) is 10.2. The Hall–Kier alpha value is -2.03. The molecule has 5 nitrogen and oxygen atoms in total. The minimum atomic E-state index is -0.194. The summed E-state index contributed by atoms with van der Waals surface area (Å²) in [6.07, 6.45) is 1.68. The summed E-state index contributed by atoms with van der Waals surface area (Å²) < 4.78 is 5.24. The molecule has 1 aromatic rings. The number of amides is 2. The normalized spacial score (nSPS) is 17.0.